The molecule has 1 aromatic carbocycles. The normalized spacial score (nSPS) is 30.4. The zero-order valence-corrected chi connectivity index (χ0v) is 14.4. The van der Waals surface area contributed by atoms with Crippen LogP contribution in [0.5, 0.6) is 0 Å². The summed E-state index contributed by atoms with van der Waals surface area (Å²) in [7, 11) is 1.45. The van der Waals surface area contributed by atoms with Crippen LogP contribution in [0.15, 0.2) is 30.3 Å². The Morgan fingerprint density at radius 2 is 1.83 bits per heavy atom. The molecule has 2 atom stereocenters. The molecule has 1 aromatic rings. The van der Waals surface area contributed by atoms with Crippen LogP contribution in [0.3, 0.4) is 0 Å². The number of benzene rings is 1. The van der Waals surface area contributed by atoms with E-state index in [-0.39, 0.29) is 29.9 Å². The van der Waals surface area contributed by atoms with Crippen molar-refractivity contribution < 1.29 is 14.3 Å². The molecular formula is C19H26N2O3. The van der Waals surface area contributed by atoms with Gasteiger partial charge in [0, 0.05) is 17.8 Å². The first-order chi connectivity index (χ1) is 11.6. The van der Waals surface area contributed by atoms with Crippen molar-refractivity contribution in [2.45, 2.75) is 57.2 Å². The Bertz CT molecular complexity index is 582. The zero-order valence-electron chi connectivity index (χ0n) is 14.4. The maximum Gasteiger partial charge on any atom is 0.308 e. The molecule has 1 aliphatic heterocycles. The SMILES string of the molecule is COC(=O)C1CCC(NC2CC(C)N(c3ccccc3)C2=O)CC1. The summed E-state index contributed by atoms with van der Waals surface area (Å²) in [5, 5.41) is 3.53. The summed E-state index contributed by atoms with van der Waals surface area (Å²) in [5.74, 6) is 0.0742. The zero-order chi connectivity index (χ0) is 17.1. The molecule has 130 valence electrons. The number of hydrogen-bond acceptors (Lipinski definition) is 4. The van der Waals surface area contributed by atoms with Gasteiger partial charge in [0.1, 0.15) is 0 Å². The van der Waals surface area contributed by atoms with Crippen LogP contribution >= 0.6 is 0 Å². The topological polar surface area (TPSA) is 58.6 Å². The molecule has 0 radical (unpaired) electrons. The van der Waals surface area contributed by atoms with Gasteiger partial charge in [0.25, 0.3) is 0 Å². The third-order valence-electron chi connectivity index (χ3n) is 5.29. The number of esters is 1. The Kier molecular flexibility index (Phi) is 5.19. The number of ether oxygens (including phenoxy) is 1. The van der Waals surface area contributed by atoms with Crippen molar-refractivity contribution in [2.75, 3.05) is 12.0 Å². The van der Waals surface area contributed by atoms with Gasteiger partial charge >= 0.3 is 5.97 Å². The first kappa shape index (κ1) is 17.0. The van der Waals surface area contributed by atoms with Crippen LogP contribution < -0.4 is 10.2 Å². The second-order valence-electron chi connectivity index (χ2n) is 6.92. The van der Waals surface area contributed by atoms with Crippen LogP contribution in [-0.4, -0.2) is 37.1 Å². The molecule has 24 heavy (non-hydrogen) atoms. The fourth-order valence-electron chi connectivity index (χ4n) is 3.99. The highest BCUT2D eigenvalue weighted by molar-refractivity contribution is 6.00. The standard InChI is InChI=1S/C19H26N2O3/c1-13-12-17(18(22)21(13)16-6-4-3-5-7-16)20-15-10-8-14(9-11-15)19(23)24-2/h3-7,13-15,17,20H,8-12H2,1-2H3. The van der Waals surface area contributed by atoms with E-state index in [4.69, 9.17) is 4.74 Å². The molecule has 5 heteroatoms. The first-order valence-corrected chi connectivity index (χ1v) is 8.82. The summed E-state index contributed by atoms with van der Waals surface area (Å²) in [4.78, 5) is 26.3. The average Bonchev–Trinajstić information content (AvgIpc) is 2.89. The van der Waals surface area contributed by atoms with E-state index in [2.05, 4.69) is 12.2 Å². The predicted molar refractivity (Wildman–Crippen MR) is 92.7 cm³/mol. The van der Waals surface area contributed by atoms with Crippen molar-refractivity contribution in [1.82, 2.24) is 5.32 Å². The van der Waals surface area contributed by atoms with Gasteiger partial charge < -0.3 is 15.0 Å². The molecule has 1 saturated heterocycles. The second kappa shape index (κ2) is 7.34. The molecular weight excluding hydrogens is 304 g/mol. The fourth-order valence-corrected chi connectivity index (χ4v) is 3.99. The van der Waals surface area contributed by atoms with Gasteiger partial charge in [0.05, 0.1) is 19.1 Å². The Balaban J connectivity index is 1.57. The van der Waals surface area contributed by atoms with Crippen molar-refractivity contribution in [3.63, 3.8) is 0 Å². The maximum absolute atomic E-state index is 12.8. The lowest BCUT2D eigenvalue weighted by molar-refractivity contribution is -0.146. The number of hydrogen-bond donors (Lipinski definition) is 1. The molecule has 2 aliphatic rings. The maximum atomic E-state index is 12.8. The van der Waals surface area contributed by atoms with Gasteiger partial charge in [-0.25, -0.2) is 0 Å². The second-order valence-corrected chi connectivity index (χ2v) is 6.92. The third-order valence-corrected chi connectivity index (χ3v) is 5.29. The minimum Gasteiger partial charge on any atom is -0.469 e. The summed E-state index contributed by atoms with van der Waals surface area (Å²) in [6.07, 6.45) is 4.34. The van der Waals surface area contributed by atoms with Crippen molar-refractivity contribution in [2.24, 2.45) is 5.92 Å². The monoisotopic (exact) mass is 330 g/mol. The van der Waals surface area contributed by atoms with E-state index in [1.165, 1.54) is 7.11 Å². The van der Waals surface area contributed by atoms with E-state index >= 15 is 0 Å². The lowest BCUT2D eigenvalue weighted by Gasteiger charge is -2.29. The molecule has 1 N–H and O–H groups in total. The van der Waals surface area contributed by atoms with E-state index in [0.717, 1.165) is 37.8 Å². The molecule has 2 fully saturated rings. The highest BCUT2D eigenvalue weighted by atomic mass is 16.5. The predicted octanol–water partition coefficient (Wildman–Crippen LogP) is 2.50. The highest BCUT2D eigenvalue weighted by Crippen LogP contribution is 2.29. The molecule has 1 amide bonds. The van der Waals surface area contributed by atoms with Crippen LogP contribution in [0.2, 0.25) is 0 Å². The Labute approximate surface area is 143 Å². The molecule has 1 saturated carbocycles. The van der Waals surface area contributed by atoms with Gasteiger partial charge in [0.2, 0.25) is 5.91 Å². The minimum atomic E-state index is -0.125. The van der Waals surface area contributed by atoms with E-state index in [9.17, 15) is 9.59 Å². The Morgan fingerprint density at radius 3 is 2.46 bits per heavy atom. The van der Waals surface area contributed by atoms with Crippen molar-refractivity contribution in [3.05, 3.63) is 30.3 Å². The molecule has 0 bridgehead atoms. The lowest BCUT2D eigenvalue weighted by atomic mass is 9.85. The molecule has 1 heterocycles. The van der Waals surface area contributed by atoms with Crippen LogP contribution in [0.1, 0.15) is 39.0 Å². The van der Waals surface area contributed by atoms with Crippen molar-refractivity contribution >= 4 is 17.6 Å². The summed E-state index contributed by atoms with van der Waals surface area (Å²) >= 11 is 0. The third kappa shape index (κ3) is 3.46. The highest BCUT2D eigenvalue weighted by Gasteiger charge is 2.39. The number of amides is 1. The quantitative estimate of drug-likeness (QED) is 0.862. The van der Waals surface area contributed by atoms with Gasteiger partial charge in [-0.3, -0.25) is 9.59 Å². The summed E-state index contributed by atoms with van der Waals surface area (Å²) in [6, 6.07) is 10.2. The number of carbonyl (C=O) groups excluding carboxylic acids is 2. The Hall–Kier alpha value is -1.88. The van der Waals surface area contributed by atoms with E-state index < -0.39 is 0 Å². The fraction of sp³-hybridized carbons (Fsp3) is 0.579. The summed E-state index contributed by atoms with van der Waals surface area (Å²) < 4.78 is 4.83. The molecule has 5 nitrogen and oxygen atoms in total. The number of nitrogens with one attached hydrogen (secondary N) is 1. The number of carbonyl (C=O) groups is 2. The van der Waals surface area contributed by atoms with Crippen molar-refractivity contribution in [1.29, 1.82) is 0 Å². The Morgan fingerprint density at radius 1 is 1.17 bits per heavy atom. The van der Waals surface area contributed by atoms with Gasteiger partial charge in [0.15, 0.2) is 0 Å². The molecule has 2 unspecified atom stereocenters. The summed E-state index contributed by atoms with van der Waals surface area (Å²) in [6.45, 7) is 2.10. The summed E-state index contributed by atoms with van der Waals surface area (Å²) in [5.41, 5.74) is 0.966. The number of nitrogens with zero attached hydrogens (tertiary/aromatic N) is 1. The molecule has 0 aromatic heterocycles. The van der Waals surface area contributed by atoms with Crippen molar-refractivity contribution in [3.8, 4) is 0 Å². The van der Waals surface area contributed by atoms with Crippen LogP contribution in [-0.2, 0) is 14.3 Å². The number of anilines is 1. The van der Waals surface area contributed by atoms with Gasteiger partial charge in [-0.2, -0.15) is 0 Å². The number of rotatable bonds is 4. The van der Waals surface area contributed by atoms with Crippen LogP contribution in [0.4, 0.5) is 5.69 Å². The van der Waals surface area contributed by atoms with Gasteiger partial charge in [-0.05, 0) is 51.2 Å². The molecule has 3 rings (SSSR count). The smallest absolute Gasteiger partial charge is 0.308 e. The number of para-hydroxylation sites is 1. The van der Waals surface area contributed by atoms with Gasteiger partial charge in [-0.1, -0.05) is 18.2 Å². The van der Waals surface area contributed by atoms with E-state index in [0.29, 0.717) is 6.04 Å². The molecule has 1 aliphatic carbocycles. The van der Waals surface area contributed by atoms with E-state index in [1.54, 1.807) is 0 Å². The molecule has 0 spiro atoms. The van der Waals surface area contributed by atoms with Crippen LogP contribution in [0, 0.1) is 5.92 Å². The largest absolute Gasteiger partial charge is 0.469 e. The minimum absolute atomic E-state index is 0.0204. The number of methoxy groups -OCH3 is 1. The van der Waals surface area contributed by atoms with E-state index in [1.807, 2.05) is 35.2 Å². The van der Waals surface area contributed by atoms with Gasteiger partial charge in [-0.15, -0.1) is 0 Å². The van der Waals surface area contributed by atoms with Crippen LogP contribution in [0.25, 0.3) is 0 Å². The lowest BCUT2D eigenvalue weighted by Crippen LogP contribution is -2.45. The average molecular weight is 330 g/mol. The first-order valence-electron chi connectivity index (χ1n) is 8.82.